The fourth-order valence-electron chi connectivity index (χ4n) is 7.86. The highest BCUT2D eigenvalue weighted by Gasteiger charge is 2.42. The van der Waals surface area contributed by atoms with E-state index in [2.05, 4.69) is 51.6 Å². The monoisotopic (exact) mass is 794 g/mol. The number of nitriles is 1. The maximum Gasteiger partial charge on any atom is 0.331 e. The summed E-state index contributed by atoms with van der Waals surface area (Å²) < 4.78 is 19.0. The van der Waals surface area contributed by atoms with E-state index in [0.717, 1.165) is 80.7 Å². The number of nitrogens with zero attached hydrogens (tertiary/aromatic N) is 9. The van der Waals surface area contributed by atoms with Gasteiger partial charge in [0.2, 0.25) is 5.95 Å². The van der Waals surface area contributed by atoms with Crippen molar-refractivity contribution in [3.8, 4) is 11.9 Å². The number of ether oxygens (including phenoxy) is 3. The largest absolute Gasteiger partial charge is 0.483 e. The Kier molecular flexibility index (Phi) is 13.6. The highest BCUT2D eigenvalue weighted by atomic mass is 32.1. The van der Waals surface area contributed by atoms with Gasteiger partial charge in [-0.25, -0.2) is 24.4 Å². The number of nitrogens with two attached hydrogens (primary N) is 1. The van der Waals surface area contributed by atoms with Crippen molar-refractivity contribution in [3.63, 3.8) is 0 Å². The van der Waals surface area contributed by atoms with Crippen LogP contribution in [-0.2, 0) is 32.7 Å². The third-order valence-corrected chi connectivity index (χ3v) is 11.8. The van der Waals surface area contributed by atoms with Crippen LogP contribution in [0.3, 0.4) is 0 Å². The molecule has 1 aliphatic carbocycles. The lowest BCUT2D eigenvalue weighted by Gasteiger charge is -2.34. The van der Waals surface area contributed by atoms with Crippen LogP contribution in [0, 0.1) is 17.2 Å². The summed E-state index contributed by atoms with van der Waals surface area (Å²) in [5.74, 6) is 1.14. The number of nitrogen functional groups attached to an aromatic ring is 1. The highest BCUT2D eigenvalue weighted by molar-refractivity contribution is 7.16. The number of carbonyl (C=O) groups excluding carboxylic acids is 1. The van der Waals surface area contributed by atoms with E-state index in [0.29, 0.717) is 46.3 Å². The molecule has 4 aromatic rings. The molecule has 3 atom stereocenters. The minimum absolute atomic E-state index is 0.0418. The fraction of sp³-hybridized carbons (Fsp3) is 0.500. The van der Waals surface area contributed by atoms with Crippen LogP contribution in [0.4, 0.5) is 10.9 Å². The van der Waals surface area contributed by atoms with Gasteiger partial charge >= 0.3 is 5.97 Å². The second-order valence-corrected chi connectivity index (χ2v) is 16.5. The predicted molar refractivity (Wildman–Crippen MR) is 222 cm³/mol. The van der Waals surface area contributed by atoms with Crippen LogP contribution in [0.15, 0.2) is 60.4 Å². The molecule has 0 bridgehead atoms. The van der Waals surface area contributed by atoms with Gasteiger partial charge in [0.25, 0.3) is 5.88 Å². The summed E-state index contributed by atoms with van der Waals surface area (Å²) in [6, 6.07) is 13.3. The lowest BCUT2D eigenvalue weighted by atomic mass is 9.72. The Labute approximate surface area is 339 Å². The number of hydrogen-bond donors (Lipinski definition) is 1. The third-order valence-electron chi connectivity index (χ3n) is 10.8. The van der Waals surface area contributed by atoms with E-state index in [1.54, 1.807) is 19.5 Å². The van der Waals surface area contributed by atoms with Gasteiger partial charge in [-0.1, -0.05) is 61.1 Å². The zero-order chi connectivity index (χ0) is 40.5. The molecule has 0 saturated carbocycles. The van der Waals surface area contributed by atoms with E-state index < -0.39 is 11.5 Å². The van der Waals surface area contributed by atoms with Crippen molar-refractivity contribution in [3.05, 3.63) is 82.6 Å². The van der Waals surface area contributed by atoms with Crippen LogP contribution in [-0.4, -0.2) is 87.7 Å². The summed E-state index contributed by atoms with van der Waals surface area (Å²) in [7, 11) is 1.61. The van der Waals surface area contributed by atoms with Gasteiger partial charge in [-0.15, -0.1) is 11.3 Å². The van der Waals surface area contributed by atoms with E-state index >= 15 is 0 Å². The average Bonchev–Trinajstić information content (AvgIpc) is 3.75. The molecule has 0 radical (unpaired) electrons. The van der Waals surface area contributed by atoms with Crippen molar-refractivity contribution in [1.82, 2.24) is 29.9 Å². The van der Waals surface area contributed by atoms with E-state index in [4.69, 9.17) is 29.9 Å². The lowest BCUT2D eigenvalue weighted by Crippen LogP contribution is -2.40. The number of anilines is 2. The summed E-state index contributed by atoms with van der Waals surface area (Å²) in [5.41, 5.74) is 9.12. The molecule has 2 N–H and O–H groups in total. The van der Waals surface area contributed by atoms with Gasteiger partial charge < -0.3 is 29.7 Å². The molecule has 1 saturated heterocycles. The third kappa shape index (κ3) is 9.62. The number of esters is 1. The quantitative estimate of drug-likeness (QED) is 0.0594. The Morgan fingerprint density at radius 1 is 1.19 bits per heavy atom. The van der Waals surface area contributed by atoms with E-state index in [1.807, 2.05) is 50.2 Å². The van der Waals surface area contributed by atoms with Gasteiger partial charge in [0.05, 0.1) is 42.3 Å². The molecular weight excluding hydrogens is 741 g/mol. The number of thiophene rings is 1. The number of benzene rings is 1. The highest BCUT2D eigenvalue weighted by Crippen LogP contribution is 2.46. The summed E-state index contributed by atoms with van der Waals surface area (Å²) in [6.07, 6.45) is 8.83. The summed E-state index contributed by atoms with van der Waals surface area (Å²) in [6.45, 7) is 16.8. The Bertz CT molecular complexity index is 2080. The second-order valence-electron chi connectivity index (χ2n) is 15.3. The molecule has 2 aliphatic rings. The van der Waals surface area contributed by atoms with Crippen LogP contribution in [0.5, 0.6) is 5.88 Å². The number of aromatic nitrogens is 5. The molecule has 3 aromatic heterocycles. The Morgan fingerprint density at radius 2 is 2.00 bits per heavy atom. The number of unbranched alkanes of at least 4 members (excludes halogenated alkanes) is 1. The number of aliphatic imine (C=N–C) groups is 1. The van der Waals surface area contributed by atoms with Crippen LogP contribution in [0.25, 0.3) is 5.70 Å². The number of carbonyl (C=O) groups is 1. The minimum Gasteiger partial charge on any atom is -0.483 e. The van der Waals surface area contributed by atoms with Crippen molar-refractivity contribution in [1.29, 1.82) is 5.26 Å². The number of fused-ring (bicyclic) bond motifs is 1. The smallest absolute Gasteiger partial charge is 0.331 e. The van der Waals surface area contributed by atoms with E-state index in [9.17, 15) is 10.1 Å². The summed E-state index contributed by atoms with van der Waals surface area (Å²) in [4.78, 5) is 33.3. The molecule has 1 aromatic carbocycles. The Morgan fingerprint density at radius 3 is 2.75 bits per heavy atom. The van der Waals surface area contributed by atoms with Crippen LogP contribution in [0.2, 0.25) is 0 Å². The normalized spacial score (nSPS) is 19.4. The van der Waals surface area contributed by atoms with Crippen LogP contribution in [0.1, 0.15) is 93.1 Å². The van der Waals surface area contributed by atoms with Gasteiger partial charge in [-0.2, -0.15) is 5.26 Å². The zero-order valence-corrected chi connectivity index (χ0v) is 34.5. The molecule has 0 amide bonds. The number of aryl methyl sites for hydroxylation is 1. The second kappa shape index (κ2) is 18.7. The van der Waals surface area contributed by atoms with Crippen LogP contribution < -0.4 is 15.4 Å². The maximum absolute atomic E-state index is 13.0. The first-order valence-electron chi connectivity index (χ1n) is 19.7. The van der Waals surface area contributed by atoms with Crippen LogP contribution >= 0.6 is 11.3 Å². The van der Waals surface area contributed by atoms with Crippen molar-refractivity contribution in [2.24, 2.45) is 10.9 Å². The molecular formula is C42H54N10O4S. The molecule has 1 aliphatic heterocycles. The number of methoxy groups -OCH3 is 1. The van der Waals surface area contributed by atoms with Gasteiger partial charge in [0.15, 0.2) is 11.9 Å². The standard InChI is InChI=1S/C42H54N10O4S/c1-28(2)37(39(53)56-27-31-14-8-7-9-15-31)52-26-35(48-49-52)55-23-11-10-20-50-21-13-22-51(29(3)25-50)41-45-19-17-33(47-41)30(4)46-40(54-6)42(5)18-12-16-34-36(42)32(24-43)38(44)57-34/h7-9,14-15,17,19,26,28-29,37H,4,10-13,16,18,20-23,25,27,44H2,1-3,5-6H3/t29-,37?,42-/m0/s1. The number of hydrogen-bond acceptors (Lipinski definition) is 14. The molecule has 4 heterocycles. The molecule has 14 nitrogen and oxygen atoms in total. The Hall–Kier alpha value is -5.33. The van der Waals surface area contributed by atoms with Crippen molar-refractivity contribution in [2.45, 2.75) is 90.3 Å². The first-order chi connectivity index (χ1) is 27.5. The zero-order valence-electron chi connectivity index (χ0n) is 33.7. The van der Waals surface area contributed by atoms with Gasteiger partial charge in [0.1, 0.15) is 17.7 Å². The maximum atomic E-state index is 13.0. The van der Waals surface area contributed by atoms with Gasteiger partial charge in [-0.3, -0.25) is 0 Å². The lowest BCUT2D eigenvalue weighted by molar-refractivity contribution is -0.151. The predicted octanol–water partition coefficient (Wildman–Crippen LogP) is 6.59. The summed E-state index contributed by atoms with van der Waals surface area (Å²) >= 11 is 1.49. The number of rotatable bonds is 15. The van der Waals surface area contributed by atoms with Crippen molar-refractivity contribution in [2.75, 3.05) is 50.5 Å². The fourth-order valence-corrected chi connectivity index (χ4v) is 9.05. The molecule has 1 unspecified atom stereocenters. The first-order valence-corrected chi connectivity index (χ1v) is 20.5. The molecule has 1 fully saturated rings. The first kappa shape index (κ1) is 41.3. The van der Waals surface area contributed by atoms with Crippen molar-refractivity contribution >= 4 is 39.9 Å². The molecule has 57 heavy (non-hydrogen) atoms. The van der Waals surface area contributed by atoms with E-state index in [-0.39, 0.29) is 24.5 Å². The average molecular weight is 795 g/mol. The van der Waals surface area contributed by atoms with E-state index in [1.165, 1.54) is 16.0 Å². The summed E-state index contributed by atoms with van der Waals surface area (Å²) in [5, 5.41) is 18.8. The topological polar surface area (TPSA) is 170 Å². The van der Waals surface area contributed by atoms with Crippen molar-refractivity contribution < 1.29 is 19.0 Å². The SMILES string of the molecule is C=C(N=C(OC)[C@@]1(C)CCCc2sc(N)c(C#N)c21)c1ccnc(N2CCCN(CCCCOc3cn(C(C(=O)OCc4ccccc4)C(C)C)nn3)C[C@@H]2C)n1. The van der Waals surface area contributed by atoms with Gasteiger partial charge in [-0.05, 0) is 83.0 Å². The molecule has 302 valence electrons. The molecule has 0 spiro atoms. The molecule has 6 rings (SSSR count). The Balaban J connectivity index is 0.995. The minimum atomic E-state index is -0.604. The molecule has 15 heteroatoms. The van der Waals surface area contributed by atoms with Gasteiger partial charge in [0, 0.05) is 35.8 Å².